The minimum atomic E-state index is -3.56. The summed E-state index contributed by atoms with van der Waals surface area (Å²) in [6.45, 7) is 4.01. The van der Waals surface area contributed by atoms with Crippen LogP contribution in [0.3, 0.4) is 0 Å². The van der Waals surface area contributed by atoms with Crippen molar-refractivity contribution in [3.8, 4) is 0 Å². The lowest BCUT2D eigenvalue weighted by molar-refractivity contribution is 0.204. The number of hydrogen-bond donors (Lipinski definition) is 2. The number of sulfonamides is 1. The average Bonchev–Trinajstić information content (AvgIpc) is 2.89. The molecule has 1 rings (SSSR count). The van der Waals surface area contributed by atoms with Gasteiger partial charge in [0, 0.05) is 6.04 Å². The second kappa shape index (κ2) is 9.25. The Balaban J connectivity index is 2.75. The summed E-state index contributed by atoms with van der Waals surface area (Å²) in [5, 5.41) is 9.57. The van der Waals surface area contributed by atoms with E-state index in [1.165, 1.54) is 11.3 Å². The van der Waals surface area contributed by atoms with Gasteiger partial charge in [-0.1, -0.05) is 39.5 Å². The molecule has 0 spiro atoms. The molecule has 2 N–H and O–H groups in total. The van der Waals surface area contributed by atoms with Crippen LogP contribution in [0.2, 0.25) is 0 Å². The number of nitrogens with one attached hydrogen (secondary N) is 1. The highest BCUT2D eigenvalue weighted by Gasteiger charge is 2.26. The third-order valence-electron chi connectivity index (χ3n) is 3.59. The van der Waals surface area contributed by atoms with E-state index in [-0.39, 0.29) is 16.7 Å². The predicted octanol–water partition coefficient (Wildman–Crippen LogP) is 3.76. The fourth-order valence-corrected chi connectivity index (χ4v) is 5.65. The number of halogens is 1. The van der Waals surface area contributed by atoms with Crippen molar-refractivity contribution in [3.05, 3.63) is 15.9 Å². The summed E-state index contributed by atoms with van der Waals surface area (Å²) >= 11 is 4.44. The summed E-state index contributed by atoms with van der Waals surface area (Å²) in [6, 6.07) is 2.87. The molecule has 2 atom stereocenters. The molecule has 0 amide bonds. The molecule has 0 aliphatic carbocycles. The highest BCUT2D eigenvalue weighted by atomic mass is 79.9. The van der Waals surface area contributed by atoms with E-state index in [0.717, 1.165) is 35.9 Å². The third kappa shape index (κ3) is 5.98. The molecule has 0 aliphatic rings. The van der Waals surface area contributed by atoms with Gasteiger partial charge < -0.3 is 5.11 Å². The normalized spacial score (nSPS) is 15.0. The Morgan fingerprint density at radius 3 is 2.52 bits per heavy atom. The number of aliphatic hydroxyl groups excluding tert-OH is 1. The van der Waals surface area contributed by atoms with E-state index in [1.54, 1.807) is 12.1 Å². The molecule has 21 heavy (non-hydrogen) atoms. The van der Waals surface area contributed by atoms with Crippen LogP contribution in [0.5, 0.6) is 0 Å². The molecule has 0 fully saturated rings. The van der Waals surface area contributed by atoms with Crippen molar-refractivity contribution in [2.45, 2.75) is 56.2 Å². The molecule has 0 saturated heterocycles. The zero-order valence-electron chi connectivity index (χ0n) is 12.5. The van der Waals surface area contributed by atoms with Crippen LogP contribution in [-0.4, -0.2) is 26.2 Å². The molecular formula is C14H24BrNO3S2. The van der Waals surface area contributed by atoms with Gasteiger partial charge in [0.15, 0.2) is 0 Å². The number of rotatable bonds is 10. The van der Waals surface area contributed by atoms with E-state index in [0.29, 0.717) is 0 Å². The summed E-state index contributed by atoms with van der Waals surface area (Å²) in [5.74, 6) is 0.166. The van der Waals surface area contributed by atoms with Crippen LogP contribution in [-0.2, 0) is 10.0 Å². The van der Waals surface area contributed by atoms with Crippen LogP contribution in [0.25, 0.3) is 0 Å². The van der Waals surface area contributed by atoms with Crippen molar-refractivity contribution < 1.29 is 13.5 Å². The smallest absolute Gasteiger partial charge is 0.250 e. The van der Waals surface area contributed by atoms with Gasteiger partial charge in [0.05, 0.1) is 10.4 Å². The van der Waals surface area contributed by atoms with Crippen molar-refractivity contribution >= 4 is 37.3 Å². The quantitative estimate of drug-likeness (QED) is 0.590. The second-order valence-corrected chi connectivity index (χ2v) is 9.54. The minimum absolute atomic E-state index is 0.166. The van der Waals surface area contributed by atoms with Gasteiger partial charge in [-0.3, -0.25) is 0 Å². The number of hydrogen-bond acceptors (Lipinski definition) is 4. The topological polar surface area (TPSA) is 66.4 Å². The first kappa shape index (κ1) is 19.1. The lowest BCUT2D eigenvalue weighted by Crippen LogP contribution is -2.42. The van der Waals surface area contributed by atoms with Crippen molar-refractivity contribution in [1.29, 1.82) is 0 Å². The molecule has 0 aromatic carbocycles. The van der Waals surface area contributed by atoms with Crippen LogP contribution in [0, 0.1) is 5.92 Å². The molecule has 0 bridgehead atoms. The summed E-state index contributed by atoms with van der Waals surface area (Å²) in [4.78, 5) is 0. The highest BCUT2D eigenvalue weighted by molar-refractivity contribution is 9.11. The fraction of sp³-hybridized carbons (Fsp3) is 0.714. The summed E-state index contributed by atoms with van der Waals surface area (Å²) in [7, 11) is -3.56. The van der Waals surface area contributed by atoms with Crippen LogP contribution in [0.1, 0.15) is 46.0 Å². The van der Waals surface area contributed by atoms with Gasteiger partial charge in [-0.25, -0.2) is 13.1 Å². The maximum atomic E-state index is 12.3. The van der Waals surface area contributed by atoms with Crippen LogP contribution in [0.4, 0.5) is 0 Å². The van der Waals surface area contributed by atoms with Gasteiger partial charge in [-0.15, -0.1) is 11.3 Å². The van der Waals surface area contributed by atoms with Crippen LogP contribution >= 0.6 is 27.3 Å². The summed E-state index contributed by atoms with van der Waals surface area (Å²) in [6.07, 6.45) is 5.13. The van der Waals surface area contributed by atoms with Gasteiger partial charge in [0.25, 0.3) is 0 Å². The van der Waals surface area contributed by atoms with Gasteiger partial charge in [-0.2, -0.15) is 0 Å². The van der Waals surface area contributed by atoms with E-state index in [1.807, 2.05) is 6.92 Å². The van der Waals surface area contributed by atoms with E-state index < -0.39 is 16.1 Å². The number of thiophene rings is 1. The Bertz CT molecular complexity index is 516. The first-order valence-corrected chi connectivity index (χ1v) is 10.4. The first-order valence-electron chi connectivity index (χ1n) is 7.33. The number of aliphatic hydroxyl groups is 1. The van der Waals surface area contributed by atoms with E-state index >= 15 is 0 Å². The lowest BCUT2D eigenvalue weighted by Gasteiger charge is -2.25. The molecule has 0 saturated carbocycles. The maximum absolute atomic E-state index is 12.3. The zero-order chi connectivity index (χ0) is 15.9. The molecule has 0 aliphatic heterocycles. The fourth-order valence-electron chi connectivity index (χ4n) is 2.33. The van der Waals surface area contributed by atoms with E-state index in [2.05, 4.69) is 27.6 Å². The van der Waals surface area contributed by atoms with Gasteiger partial charge in [0.1, 0.15) is 4.21 Å². The molecule has 122 valence electrons. The SMILES string of the molecule is CCCCC[C@H](CC)[C@H](CO)NS(=O)(=O)c1ccc(Br)s1. The molecule has 1 heterocycles. The van der Waals surface area contributed by atoms with Crippen molar-refractivity contribution in [1.82, 2.24) is 4.72 Å². The second-order valence-electron chi connectivity index (χ2n) is 5.13. The maximum Gasteiger partial charge on any atom is 0.250 e. The standard InChI is InChI=1S/C14H24BrNO3S2/c1-3-5-6-7-11(4-2)12(10-17)16-21(18,19)14-9-8-13(15)20-14/h8-9,11-12,16-17H,3-7,10H2,1-2H3/t11-,12-/m0/s1. The predicted molar refractivity (Wildman–Crippen MR) is 91.1 cm³/mol. The largest absolute Gasteiger partial charge is 0.395 e. The Kier molecular flexibility index (Phi) is 8.41. The summed E-state index contributed by atoms with van der Waals surface area (Å²) < 4.78 is 28.4. The van der Waals surface area contributed by atoms with Crippen LogP contribution < -0.4 is 4.72 Å². The van der Waals surface area contributed by atoms with Crippen molar-refractivity contribution in [3.63, 3.8) is 0 Å². The van der Waals surface area contributed by atoms with Crippen LogP contribution in [0.15, 0.2) is 20.1 Å². The van der Waals surface area contributed by atoms with Gasteiger partial charge in [0.2, 0.25) is 10.0 Å². The molecular weight excluding hydrogens is 374 g/mol. The Labute approximate surface area is 140 Å². The lowest BCUT2D eigenvalue weighted by atomic mass is 9.92. The number of unbranched alkanes of at least 4 members (excludes halogenated alkanes) is 2. The van der Waals surface area contributed by atoms with E-state index in [9.17, 15) is 13.5 Å². The Morgan fingerprint density at radius 2 is 2.05 bits per heavy atom. The van der Waals surface area contributed by atoms with Crippen molar-refractivity contribution in [2.75, 3.05) is 6.61 Å². The Morgan fingerprint density at radius 1 is 1.33 bits per heavy atom. The first-order chi connectivity index (χ1) is 9.94. The average molecular weight is 398 g/mol. The zero-order valence-corrected chi connectivity index (χ0v) is 15.7. The highest BCUT2D eigenvalue weighted by Crippen LogP contribution is 2.27. The van der Waals surface area contributed by atoms with Gasteiger partial charge >= 0.3 is 0 Å². The van der Waals surface area contributed by atoms with Crippen molar-refractivity contribution in [2.24, 2.45) is 5.92 Å². The third-order valence-corrected chi connectivity index (χ3v) is 7.19. The van der Waals surface area contributed by atoms with E-state index in [4.69, 9.17) is 0 Å². The minimum Gasteiger partial charge on any atom is -0.395 e. The summed E-state index contributed by atoms with van der Waals surface area (Å²) in [5.41, 5.74) is 0. The molecule has 1 aromatic heterocycles. The molecule has 7 heteroatoms. The molecule has 4 nitrogen and oxygen atoms in total. The molecule has 0 radical (unpaired) electrons. The monoisotopic (exact) mass is 397 g/mol. The van der Waals surface area contributed by atoms with Gasteiger partial charge in [-0.05, 0) is 40.4 Å². The molecule has 0 unspecified atom stereocenters. The molecule has 1 aromatic rings. The Hall–Kier alpha value is 0.0500.